The highest BCUT2D eigenvalue weighted by Crippen LogP contribution is 2.13. The van der Waals surface area contributed by atoms with Crippen LogP contribution in [-0.2, 0) is 67.5 Å². The maximum Gasteiger partial charge on any atom is 0.407 e. The molecule has 0 saturated carbocycles. The average Bonchev–Trinajstić information content (AvgIpc) is 3.28. The number of nitrogens with one attached hydrogen (secondary N) is 4. The highest BCUT2D eigenvalue weighted by atomic mass is 16.6. The summed E-state index contributed by atoms with van der Waals surface area (Å²) in [6.45, 7) is 5.85. The Morgan fingerprint density at radius 2 is 1.00 bits per heavy atom. The molecule has 0 heterocycles. The summed E-state index contributed by atoms with van der Waals surface area (Å²) in [5.41, 5.74) is 7.13. The lowest BCUT2D eigenvalue weighted by Crippen LogP contribution is -2.56. The third kappa shape index (κ3) is 22.7. The van der Waals surface area contributed by atoms with Crippen LogP contribution in [0.15, 0.2) is 91.0 Å². The molecule has 0 fully saturated rings. The van der Waals surface area contributed by atoms with Crippen LogP contribution in [0.2, 0.25) is 0 Å². The lowest BCUT2D eigenvalue weighted by molar-refractivity contribution is -0.151. The Morgan fingerprint density at radius 3 is 1.50 bits per heavy atom. The van der Waals surface area contributed by atoms with Crippen molar-refractivity contribution in [1.29, 1.82) is 0 Å². The zero-order valence-corrected chi connectivity index (χ0v) is 37.3. The minimum atomic E-state index is -1.40. The molecule has 16 nitrogen and oxygen atoms in total. The second kappa shape index (κ2) is 29.1. The molecule has 4 amide bonds. The highest BCUT2D eigenvalue weighted by molar-refractivity contribution is 5.94. The minimum Gasteiger partial charge on any atom is -0.461 e. The third-order valence-electron chi connectivity index (χ3n) is 9.56. The maximum atomic E-state index is 14.2. The van der Waals surface area contributed by atoms with Crippen molar-refractivity contribution in [3.8, 4) is 0 Å². The Morgan fingerprint density at radius 1 is 0.531 bits per heavy atom. The molecule has 348 valence electrons. The van der Waals surface area contributed by atoms with Gasteiger partial charge in [-0.15, -0.1) is 0 Å². The minimum absolute atomic E-state index is 0.00921. The average molecular weight is 888 g/mol. The topological polar surface area (TPSA) is 231 Å². The highest BCUT2D eigenvalue weighted by Gasteiger charge is 2.31. The molecule has 0 bridgehead atoms. The van der Waals surface area contributed by atoms with Gasteiger partial charge in [0.25, 0.3) is 0 Å². The number of nitrogens with two attached hydrogens (primary N) is 1. The van der Waals surface area contributed by atoms with Gasteiger partial charge >= 0.3 is 24.0 Å². The van der Waals surface area contributed by atoms with Gasteiger partial charge in [-0.05, 0) is 89.0 Å². The Balaban J connectivity index is 1.79. The van der Waals surface area contributed by atoms with Gasteiger partial charge < -0.3 is 45.9 Å². The van der Waals surface area contributed by atoms with E-state index in [-0.39, 0.29) is 70.8 Å². The van der Waals surface area contributed by atoms with Crippen molar-refractivity contribution in [3.63, 3.8) is 0 Å². The quantitative estimate of drug-likeness (QED) is 0.0349. The van der Waals surface area contributed by atoms with E-state index in [0.29, 0.717) is 31.4 Å². The second-order valence-electron chi connectivity index (χ2n) is 16.2. The molecule has 16 heteroatoms. The van der Waals surface area contributed by atoms with Crippen LogP contribution in [0.4, 0.5) is 4.79 Å². The van der Waals surface area contributed by atoms with Crippen LogP contribution in [0.1, 0.15) is 108 Å². The standard InChI is InChI=1S/C48H65N5O11/c1-48(2,3)64-47(60)50-31-17-15-24-38(51-41(54)25-14-7-16-30-49)44(57)52-39(26-28-42(55)61-32-35-18-8-4-9-19-35)45(58)53-40(46(59)63-34-37-22-12-6-13-23-37)27-29-43(56)62-33-36-20-10-5-11-21-36/h4-6,8-13,18-23,38-40H,7,14-17,24-34,49H2,1-3H3,(H,50,60)(H,51,54)(H,52,57)(H,53,58). The van der Waals surface area contributed by atoms with Crippen molar-refractivity contribution in [2.45, 2.75) is 135 Å². The number of carbonyl (C=O) groups excluding carboxylic acids is 7. The fourth-order valence-corrected chi connectivity index (χ4v) is 6.16. The number of hydrogen-bond donors (Lipinski definition) is 5. The molecule has 0 radical (unpaired) electrons. The van der Waals surface area contributed by atoms with E-state index in [9.17, 15) is 33.6 Å². The van der Waals surface area contributed by atoms with Gasteiger partial charge in [-0.25, -0.2) is 9.59 Å². The van der Waals surface area contributed by atoms with E-state index in [2.05, 4.69) is 21.3 Å². The first-order valence-electron chi connectivity index (χ1n) is 21.9. The van der Waals surface area contributed by atoms with E-state index < -0.39 is 59.5 Å². The van der Waals surface area contributed by atoms with Gasteiger partial charge in [-0.3, -0.25) is 24.0 Å². The number of carbonyl (C=O) groups is 7. The molecule has 64 heavy (non-hydrogen) atoms. The summed E-state index contributed by atoms with van der Waals surface area (Å²) in [7, 11) is 0. The first-order valence-corrected chi connectivity index (χ1v) is 21.9. The molecule has 0 aliphatic heterocycles. The van der Waals surface area contributed by atoms with Crippen molar-refractivity contribution in [2.75, 3.05) is 13.1 Å². The van der Waals surface area contributed by atoms with E-state index in [1.807, 2.05) is 30.3 Å². The molecule has 3 aromatic carbocycles. The van der Waals surface area contributed by atoms with Gasteiger partial charge in [0.15, 0.2) is 0 Å². The van der Waals surface area contributed by atoms with Crippen molar-refractivity contribution in [2.24, 2.45) is 5.73 Å². The lowest BCUT2D eigenvalue weighted by Gasteiger charge is -2.25. The molecule has 0 saturated heterocycles. The predicted octanol–water partition coefficient (Wildman–Crippen LogP) is 5.45. The van der Waals surface area contributed by atoms with Crippen molar-refractivity contribution < 1.29 is 52.5 Å². The van der Waals surface area contributed by atoms with Crippen LogP contribution >= 0.6 is 0 Å². The van der Waals surface area contributed by atoms with Gasteiger partial charge in [-0.2, -0.15) is 0 Å². The molecule has 3 unspecified atom stereocenters. The van der Waals surface area contributed by atoms with Crippen LogP contribution in [0.5, 0.6) is 0 Å². The zero-order chi connectivity index (χ0) is 46.6. The predicted molar refractivity (Wildman–Crippen MR) is 239 cm³/mol. The van der Waals surface area contributed by atoms with Crippen LogP contribution in [0.3, 0.4) is 0 Å². The molecule has 0 aliphatic carbocycles. The van der Waals surface area contributed by atoms with Gasteiger partial charge in [0.1, 0.15) is 43.5 Å². The molecular formula is C48H65N5O11. The summed E-state index contributed by atoms with van der Waals surface area (Å²) in [4.78, 5) is 92.9. The Hall–Kier alpha value is -6.29. The Labute approximate surface area is 376 Å². The number of ether oxygens (including phenoxy) is 4. The summed E-state index contributed by atoms with van der Waals surface area (Å²) in [5, 5.41) is 10.8. The summed E-state index contributed by atoms with van der Waals surface area (Å²) in [6, 6.07) is 23.1. The number of alkyl carbamates (subject to hydrolysis) is 1. The van der Waals surface area contributed by atoms with Crippen molar-refractivity contribution in [3.05, 3.63) is 108 Å². The number of hydrogen-bond acceptors (Lipinski definition) is 12. The number of rotatable bonds is 28. The van der Waals surface area contributed by atoms with E-state index >= 15 is 0 Å². The van der Waals surface area contributed by atoms with Gasteiger partial charge in [0.2, 0.25) is 17.7 Å². The van der Waals surface area contributed by atoms with E-state index in [1.54, 1.807) is 81.4 Å². The monoisotopic (exact) mass is 887 g/mol. The smallest absolute Gasteiger partial charge is 0.407 e. The largest absolute Gasteiger partial charge is 0.461 e. The molecule has 3 aromatic rings. The van der Waals surface area contributed by atoms with Crippen LogP contribution in [0, 0.1) is 0 Å². The summed E-state index contributed by atoms with van der Waals surface area (Å²) in [6.07, 6.45) is 1.53. The van der Waals surface area contributed by atoms with Crippen molar-refractivity contribution >= 4 is 41.7 Å². The van der Waals surface area contributed by atoms with E-state index in [4.69, 9.17) is 24.7 Å². The first-order chi connectivity index (χ1) is 30.7. The third-order valence-corrected chi connectivity index (χ3v) is 9.56. The first kappa shape index (κ1) is 52.1. The number of benzene rings is 3. The summed E-state index contributed by atoms with van der Waals surface area (Å²) < 4.78 is 21.7. The van der Waals surface area contributed by atoms with Gasteiger partial charge in [0.05, 0.1) is 0 Å². The molecular weight excluding hydrogens is 823 g/mol. The Kier molecular flexibility index (Phi) is 23.7. The fourth-order valence-electron chi connectivity index (χ4n) is 6.16. The lowest BCUT2D eigenvalue weighted by atomic mass is 10.0. The van der Waals surface area contributed by atoms with Gasteiger partial charge in [-0.1, -0.05) is 97.4 Å². The van der Waals surface area contributed by atoms with Crippen LogP contribution in [0.25, 0.3) is 0 Å². The van der Waals surface area contributed by atoms with Gasteiger partial charge in [0, 0.05) is 25.8 Å². The molecule has 0 spiro atoms. The number of unbranched alkanes of at least 4 members (excludes halogenated alkanes) is 3. The number of amides is 4. The molecule has 6 N–H and O–H groups in total. The Bertz CT molecular complexity index is 1890. The van der Waals surface area contributed by atoms with E-state index in [0.717, 1.165) is 24.0 Å². The number of esters is 3. The SMILES string of the molecule is CC(C)(C)OC(=O)NCCCCC(NC(=O)CCCCCN)C(=O)NC(CCC(=O)OCc1ccccc1)C(=O)NC(CCC(=O)OCc1ccccc1)C(=O)OCc1ccccc1. The van der Waals surface area contributed by atoms with Crippen molar-refractivity contribution in [1.82, 2.24) is 21.3 Å². The molecule has 0 aromatic heterocycles. The zero-order valence-electron chi connectivity index (χ0n) is 37.3. The maximum absolute atomic E-state index is 14.2. The molecule has 0 aliphatic rings. The van der Waals surface area contributed by atoms with Crippen LogP contribution < -0.4 is 27.0 Å². The molecule has 3 rings (SSSR count). The normalized spacial score (nSPS) is 12.4. The second-order valence-corrected chi connectivity index (χ2v) is 16.2. The fraction of sp³-hybridized carbons (Fsp3) is 0.479. The van der Waals surface area contributed by atoms with Crippen LogP contribution in [-0.4, -0.2) is 78.5 Å². The van der Waals surface area contributed by atoms with E-state index in [1.165, 1.54) is 0 Å². The summed E-state index contributed by atoms with van der Waals surface area (Å²) in [5.74, 6) is -4.02. The summed E-state index contributed by atoms with van der Waals surface area (Å²) >= 11 is 0. The molecule has 3 atom stereocenters.